The second kappa shape index (κ2) is 5.57. The van der Waals surface area contributed by atoms with Crippen LogP contribution in [0.25, 0.3) is 0 Å². The Balaban J connectivity index is 2.25. The zero-order chi connectivity index (χ0) is 14.8. The SMILES string of the molecule is CC(C)(CC(O)(C(=O)O)C1CCCC1)c1ccccc1. The van der Waals surface area contributed by atoms with Crippen LogP contribution in [0.3, 0.4) is 0 Å². The molecule has 2 rings (SSSR count). The van der Waals surface area contributed by atoms with Crippen molar-refractivity contribution in [3.63, 3.8) is 0 Å². The van der Waals surface area contributed by atoms with Crippen LogP contribution in [0.4, 0.5) is 0 Å². The van der Waals surface area contributed by atoms with Gasteiger partial charge in [-0.25, -0.2) is 4.79 Å². The maximum absolute atomic E-state index is 11.7. The highest BCUT2D eigenvalue weighted by molar-refractivity contribution is 5.78. The molecule has 1 saturated carbocycles. The average Bonchev–Trinajstić information content (AvgIpc) is 2.93. The van der Waals surface area contributed by atoms with Gasteiger partial charge in [0.25, 0.3) is 0 Å². The lowest BCUT2D eigenvalue weighted by Gasteiger charge is -2.37. The second-order valence-corrected chi connectivity index (χ2v) is 6.64. The van der Waals surface area contributed by atoms with Crippen LogP contribution in [-0.2, 0) is 10.2 Å². The lowest BCUT2D eigenvalue weighted by molar-refractivity contribution is -0.167. The maximum atomic E-state index is 11.7. The van der Waals surface area contributed by atoms with E-state index in [0.29, 0.717) is 0 Å². The summed E-state index contributed by atoms with van der Waals surface area (Å²) in [5.74, 6) is -1.20. The minimum absolute atomic E-state index is 0.122. The Labute approximate surface area is 120 Å². The summed E-state index contributed by atoms with van der Waals surface area (Å²) in [4.78, 5) is 11.7. The summed E-state index contributed by atoms with van der Waals surface area (Å²) < 4.78 is 0. The van der Waals surface area contributed by atoms with E-state index in [9.17, 15) is 15.0 Å². The van der Waals surface area contributed by atoms with Gasteiger partial charge in [0.2, 0.25) is 0 Å². The molecule has 1 aromatic carbocycles. The molecule has 1 aromatic rings. The van der Waals surface area contributed by atoms with Gasteiger partial charge in [0.1, 0.15) is 0 Å². The van der Waals surface area contributed by atoms with E-state index < -0.39 is 11.6 Å². The molecule has 0 aromatic heterocycles. The monoisotopic (exact) mass is 276 g/mol. The van der Waals surface area contributed by atoms with Crippen LogP contribution in [0.15, 0.2) is 30.3 Å². The van der Waals surface area contributed by atoms with Gasteiger partial charge in [-0.3, -0.25) is 0 Å². The molecule has 3 nitrogen and oxygen atoms in total. The number of carboxylic acids is 1. The zero-order valence-corrected chi connectivity index (χ0v) is 12.3. The van der Waals surface area contributed by atoms with Crippen molar-refractivity contribution in [2.24, 2.45) is 5.92 Å². The minimum Gasteiger partial charge on any atom is -0.479 e. The van der Waals surface area contributed by atoms with E-state index in [4.69, 9.17) is 0 Å². The fraction of sp³-hybridized carbons (Fsp3) is 0.588. The van der Waals surface area contributed by atoms with E-state index in [1.807, 2.05) is 44.2 Å². The average molecular weight is 276 g/mol. The first-order chi connectivity index (χ1) is 9.36. The van der Waals surface area contributed by atoms with Crippen LogP contribution < -0.4 is 0 Å². The van der Waals surface area contributed by atoms with Crippen molar-refractivity contribution in [3.8, 4) is 0 Å². The number of hydrogen-bond acceptors (Lipinski definition) is 2. The Morgan fingerprint density at radius 2 is 1.75 bits per heavy atom. The molecule has 20 heavy (non-hydrogen) atoms. The third-order valence-corrected chi connectivity index (χ3v) is 4.67. The van der Waals surface area contributed by atoms with Gasteiger partial charge in [-0.1, -0.05) is 57.0 Å². The largest absolute Gasteiger partial charge is 0.479 e. The van der Waals surface area contributed by atoms with Crippen molar-refractivity contribution in [1.82, 2.24) is 0 Å². The van der Waals surface area contributed by atoms with Crippen molar-refractivity contribution < 1.29 is 15.0 Å². The van der Waals surface area contributed by atoms with Crippen molar-refractivity contribution >= 4 is 5.97 Å². The Bertz CT molecular complexity index is 460. The first-order valence-corrected chi connectivity index (χ1v) is 7.37. The smallest absolute Gasteiger partial charge is 0.335 e. The van der Waals surface area contributed by atoms with Crippen LogP contribution in [-0.4, -0.2) is 21.8 Å². The first kappa shape index (κ1) is 15.0. The van der Waals surface area contributed by atoms with E-state index in [0.717, 1.165) is 31.2 Å². The normalized spacial score (nSPS) is 19.8. The molecule has 0 bridgehead atoms. The predicted molar refractivity (Wildman–Crippen MR) is 78.6 cm³/mol. The van der Waals surface area contributed by atoms with Crippen molar-refractivity contribution in [3.05, 3.63) is 35.9 Å². The highest BCUT2D eigenvalue weighted by Crippen LogP contribution is 2.42. The molecule has 1 aliphatic carbocycles. The lowest BCUT2D eigenvalue weighted by atomic mass is 9.70. The van der Waals surface area contributed by atoms with E-state index in [1.165, 1.54) is 0 Å². The van der Waals surface area contributed by atoms with Crippen molar-refractivity contribution in [2.45, 2.75) is 57.0 Å². The summed E-state index contributed by atoms with van der Waals surface area (Å²) in [5, 5.41) is 20.3. The van der Waals surface area contributed by atoms with Gasteiger partial charge in [-0.05, 0) is 36.2 Å². The molecule has 1 fully saturated rings. The molecule has 0 radical (unpaired) electrons. The Morgan fingerprint density at radius 1 is 1.20 bits per heavy atom. The van der Waals surface area contributed by atoms with Crippen molar-refractivity contribution in [1.29, 1.82) is 0 Å². The summed E-state index contributed by atoms with van der Waals surface area (Å²) >= 11 is 0. The quantitative estimate of drug-likeness (QED) is 0.867. The Kier molecular flexibility index (Phi) is 4.19. The van der Waals surface area contributed by atoms with Crippen LogP contribution in [0.1, 0.15) is 51.5 Å². The number of carbonyl (C=O) groups is 1. The van der Waals surface area contributed by atoms with Gasteiger partial charge in [0, 0.05) is 0 Å². The van der Waals surface area contributed by atoms with Gasteiger partial charge in [0.15, 0.2) is 5.60 Å². The number of aliphatic hydroxyl groups is 1. The molecule has 0 aliphatic heterocycles. The van der Waals surface area contributed by atoms with Crippen LogP contribution in [0.5, 0.6) is 0 Å². The second-order valence-electron chi connectivity index (χ2n) is 6.64. The first-order valence-electron chi connectivity index (χ1n) is 7.37. The van der Waals surface area contributed by atoms with Gasteiger partial charge >= 0.3 is 5.97 Å². The van der Waals surface area contributed by atoms with Gasteiger partial charge in [-0.2, -0.15) is 0 Å². The molecule has 0 spiro atoms. The highest BCUT2D eigenvalue weighted by Gasteiger charge is 2.48. The Hall–Kier alpha value is -1.35. The number of rotatable bonds is 5. The number of aliphatic carboxylic acids is 1. The third-order valence-electron chi connectivity index (χ3n) is 4.67. The highest BCUT2D eigenvalue weighted by atomic mass is 16.4. The van der Waals surface area contributed by atoms with E-state index >= 15 is 0 Å². The summed E-state index contributed by atoms with van der Waals surface area (Å²) in [5.41, 5.74) is -0.912. The summed E-state index contributed by atoms with van der Waals surface area (Å²) in [7, 11) is 0. The summed E-state index contributed by atoms with van der Waals surface area (Å²) in [6.07, 6.45) is 3.92. The standard InChI is InChI=1S/C17H24O3/c1-16(2,13-8-4-3-5-9-13)12-17(20,15(18)19)14-10-6-7-11-14/h3-5,8-9,14,20H,6-7,10-12H2,1-2H3,(H,18,19). The molecular weight excluding hydrogens is 252 g/mol. The molecule has 110 valence electrons. The molecule has 3 heteroatoms. The van der Waals surface area contributed by atoms with E-state index in [1.54, 1.807) is 0 Å². The summed E-state index contributed by atoms with van der Waals surface area (Å²) in [6.45, 7) is 4.01. The van der Waals surface area contributed by atoms with Gasteiger partial charge in [-0.15, -0.1) is 0 Å². The van der Waals surface area contributed by atoms with Gasteiger partial charge < -0.3 is 10.2 Å². The van der Waals surface area contributed by atoms with Gasteiger partial charge in [0.05, 0.1) is 0 Å². The number of hydrogen-bond donors (Lipinski definition) is 2. The molecule has 1 aliphatic rings. The lowest BCUT2D eigenvalue weighted by Crippen LogP contribution is -2.49. The molecule has 1 atom stereocenters. The Morgan fingerprint density at radius 3 is 2.25 bits per heavy atom. The van der Waals surface area contributed by atoms with Crippen molar-refractivity contribution in [2.75, 3.05) is 0 Å². The zero-order valence-electron chi connectivity index (χ0n) is 12.3. The van der Waals surface area contributed by atoms with Crippen LogP contribution in [0.2, 0.25) is 0 Å². The van der Waals surface area contributed by atoms with E-state index in [2.05, 4.69) is 0 Å². The fourth-order valence-corrected chi connectivity index (χ4v) is 3.46. The third kappa shape index (κ3) is 2.88. The number of benzene rings is 1. The molecular formula is C17H24O3. The molecule has 2 N–H and O–H groups in total. The van der Waals surface area contributed by atoms with E-state index in [-0.39, 0.29) is 17.8 Å². The molecule has 0 amide bonds. The minimum atomic E-state index is -1.62. The molecule has 1 unspecified atom stereocenters. The predicted octanol–water partition coefficient (Wildman–Crippen LogP) is 3.36. The van der Waals surface area contributed by atoms with Crippen LogP contribution >= 0.6 is 0 Å². The molecule has 0 saturated heterocycles. The molecule has 0 heterocycles. The topological polar surface area (TPSA) is 57.5 Å². The summed E-state index contributed by atoms with van der Waals surface area (Å²) in [6, 6.07) is 9.84. The number of carboxylic acid groups (broad SMARTS) is 1. The fourth-order valence-electron chi connectivity index (χ4n) is 3.46. The maximum Gasteiger partial charge on any atom is 0.335 e. The van der Waals surface area contributed by atoms with Crippen LogP contribution in [0, 0.1) is 5.92 Å².